The molecule has 143 heavy (non-hydrogen) atoms. The second-order valence-corrected chi connectivity index (χ2v) is 37.9. The van der Waals surface area contributed by atoms with Gasteiger partial charge in [-0.05, 0) is 112 Å². The van der Waals surface area contributed by atoms with Crippen molar-refractivity contribution in [2.75, 3.05) is 129 Å². The van der Waals surface area contributed by atoms with Crippen LogP contribution >= 0.6 is 31.9 Å². The molecule has 18 aromatic rings. The zero-order valence-electron chi connectivity index (χ0n) is 77.4. The number of pyridine rings is 3. The third-order valence-electron chi connectivity index (χ3n) is 27.1. The summed E-state index contributed by atoms with van der Waals surface area (Å²) in [6, 6.07) is 38.2. The number of hydrogen-bond acceptors (Lipinski definition) is 31. The van der Waals surface area contributed by atoms with Gasteiger partial charge in [-0.1, -0.05) is 54.6 Å². The summed E-state index contributed by atoms with van der Waals surface area (Å²) in [5.74, 6) is 3.62. The van der Waals surface area contributed by atoms with Crippen molar-refractivity contribution in [3.63, 3.8) is 0 Å². The average Bonchev–Trinajstić information content (AvgIpc) is 1.59. The van der Waals surface area contributed by atoms with Gasteiger partial charge in [0.1, 0.15) is 68.1 Å². The number of hydrogen-bond donors (Lipinski definition) is 11. The van der Waals surface area contributed by atoms with E-state index in [2.05, 4.69) is 144 Å². The molecule has 9 amide bonds. The summed E-state index contributed by atoms with van der Waals surface area (Å²) in [6.45, 7) is 10.4. The predicted octanol–water partition coefficient (Wildman–Crippen LogP) is 8.86. The highest BCUT2D eigenvalue weighted by atomic mass is 79.9. The fraction of sp³-hybridized carbons (Fsp3) is 0.268. The van der Waals surface area contributed by atoms with Crippen LogP contribution in [-0.2, 0) is 51.0 Å². The van der Waals surface area contributed by atoms with E-state index < -0.39 is 29.2 Å². The first-order valence-electron chi connectivity index (χ1n) is 46.5. The summed E-state index contributed by atoms with van der Waals surface area (Å²) in [5, 5.41) is 41.3. The van der Waals surface area contributed by atoms with Gasteiger partial charge in [0, 0.05) is 219 Å². The molecule has 16 N–H and O–H groups in total. The number of nitrogens with zero attached hydrogens (tertiary/aromatic N) is 25. The Morgan fingerprint density at radius 1 is 0.448 bits per heavy atom. The molecular weight excluding hydrogens is 1960 g/mol. The molecule has 15 aromatic heterocycles. The van der Waals surface area contributed by atoms with Gasteiger partial charge in [-0.2, -0.15) is 48.1 Å². The van der Waals surface area contributed by atoms with Crippen LogP contribution in [-0.4, -0.2) is 256 Å². The second kappa shape index (κ2) is 37.6. The number of piperazine rings is 1. The molecule has 2 atom stereocenters. The lowest BCUT2D eigenvalue weighted by atomic mass is 9.79. The van der Waals surface area contributed by atoms with E-state index in [4.69, 9.17) is 63.1 Å². The van der Waals surface area contributed by atoms with Gasteiger partial charge in [0.05, 0.1) is 96.4 Å². The maximum atomic E-state index is 12.3. The summed E-state index contributed by atoms with van der Waals surface area (Å²) >= 11 is 7.13. The van der Waals surface area contributed by atoms with Crippen LogP contribution in [0.2, 0.25) is 0 Å². The van der Waals surface area contributed by atoms with Gasteiger partial charge >= 0.3 is 18.1 Å². The molecule has 3 aromatic carbocycles. The lowest BCUT2D eigenvalue weighted by Gasteiger charge is -2.36. The number of aromatic nitrogens is 20. The molecule has 8 aliphatic rings. The van der Waals surface area contributed by atoms with E-state index in [0.29, 0.717) is 126 Å². The maximum absolute atomic E-state index is 12.3. The number of ether oxygens (including phenoxy) is 2. The molecule has 22 heterocycles. The molecule has 44 nitrogen and oxygen atoms in total. The minimum absolute atomic E-state index is 0.115. The third-order valence-corrected chi connectivity index (χ3v) is 28.7. The highest BCUT2D eigenvalue weighted by molar-refractivity contribution is 9.11. The van der Waals surface area contributed by atoms with E-state index in [0.717, 1.165) is 187 Å². The van der Waals surface area contributed by atoms with E-state index in [1.807, 2.05) is 161 Å². The molecule has 2 unspecified atom stereocenters. The number of rotatable bonds is 13. The number of imide groups is 3. The Hall–Kier alpha value is -16.4. The summed E-state index contributed by atoms with van der Waals surface area (Å²) in [6.07, 6.45) is 25.4. The standard InChI is InChI=1S/C23H22N8O2.C20H19BrN6O.C20H20N6O.C17H17BrN8O2.C17H18N8O2/c24-18-10-19(27-15-5-7-23(8-6-15)21(32)29-22(33)30-23)28-20-16(12-26-31(18)20)14-9-13-3-1-2-4-17(13)25-11-14;21-18-17(12-26-5-7-28-8-6-26)25-20-15(11-24-27(20)19(18)22)14-9-13-3-1-2-4-16(13)23-10-14;21-19-10-16(13-25-5-7-27-8-6-25)24-20-17(12-23-26(19)20)15-9-14-3-1-2-4-18(14)22-11-15;1-24-4-2-9(7-24)10-6-20-26-12(19)11(18)14(21-13(10)26)25-5-3-17(8-25)15(27)22-16(28)23-17;1-22-3-2-10(8-22)11-7-19-25-13(18)6-14(20-15(11)25)23-4-5-24-12(9-23)16(26)21-17(24)27/h1-4,9-12,15H,5-8,24H2,(H,27,28)(H2,29,30,32,33);1-4,9-11H,5-8,12,22H2;1-4,9-12H,5-8,13,21H2;2,4,6-7H,3,5,8,19H2,1H3,(H2,22,23,27,28);2-3,6-8,12H,4-5,9,18H2,1H3,(H,21,26,27). The van der Waals surface area contributed by atoms with Crippen LogP contribution < -0.4 is 70.4 Å². The number of fused-ring (bicyclic) bond motifs is 9. The quantitative estimate of drug-likeness (QED) is 0.0480. The number of para-hydroxylation sites is 3. The molecule has 1 aliphatic carbocycles. The predicted molar refractivity (Wildman–Crippen MR) is 543 cm³/mol. The SMILES string of the molecule is Cn1ccc(-c2cnn3c(N)c(Br)c(N4CCC5(C4)NC(=O)NC5=O)nc23)c1.Cn1ccc(-c2cnn3c(N)cc(N4CCN5C(=O)NC(=O)C5C4)nc23)c1.Nc1c(Br)c(CN2CCOCC2)nc2c(-c3cnc4ccccc4c3)cnn12.Nc1cc(CN2CCOCC2)nc2c(-c3cnc4ccccc4c3)cnn12.Nc1cc(NC2CCC3(CC2)NC(=O)NC3=O)nc2c(-c3cnc4ccccc4c3)cnn12. The zero-order valence-corrected chi connectivity index (χ0v) is 80.5. The normalized spacial score (nSPS) is 19.1. The van der Waals surface area contributed by atoms with Crippen molar-refractivity contribution in [2.45, 2.75) is 68.4 Å². The van der Waals surface area contributed by atoms with Crippen LogP contribution in [0.1, 0.15) is 43.5 Å². The van der Waals surface area contributed by atoms with Crippen molar-refractivity contribution in [2.24, 2.45) is 14.1 Å². The highest BCUT2D eigenvalue weighted by Gasteiger charge is 2.52. The number of morpholine rings is 2. The molecular formula is C97H96Br2N36O8. The number of anilines is 8. The minimum atomic E-state index is -0.929. The van der Waals surface area contributed by atoms with Crippen molar-refractivity contribution >= 4 is 175 Å². The van der Waals surface area contributed by atoms with E-state index in [-0.39, 0.29) is 29.8 Å². The van der Waals surface area contributed by atoms with Gasteiger partial charge in [-0.3, -0.25) is 55.1 Å². The summed E-state index contributed by atoms with van der Waals surface area (Å²) in [4.78, 5) is 119. The van der Waals surface area contributed by atoms with Crippen LogP contribution in [0.5, 0.6) is 0 Å². The van der Waals surface area contributed by atoms with E-state index in [1.54, 1.807) is 64.4 Å². The van der Waals surface area contributed by atoms with Crippen LogP contribution in [0, 0.1) is 0 Å². The van der Waals surface area contributed by atoms with Crippen LogP contribution in [0.3, 0.4) is 0 Å². The maximum Gasteiger partial charge on any atom is 0.324 e. The number of nitrogen functional groups attached to an aromatic ring is 5. The largest absolute Gasteiger partial charge is 0.384 e. The number of carbonyl (C=O) groups is 6. The first kappa shape index (κ1) is 91.6. The molecule has 7 aliphatic heterocycles. The Morgan fingerprint density at radius 2 is 0.909 bits per heavy atom. The first-order valence-corrected chi connectivity index (χ1v) is 48.1. The van der Waals surface area contributed by atoms with Gasteiger partial charge in [0.15, 0.2) is 28.2 Å². The number of nitrogens with two attached hydrogens (primary N) is 5. The van der Waals surface area contributed by atoms with Crippen molar-refractivity contribution < 1.29 is 38.2 Å². The number of amides is 9. The van der Waals surface area contributed by atoms with E-state index in [1.165, 1.54) is 0 Å². The monoisotopic (exact) mass is 2050 g/mol. The first-order chi connectivity index (χ1) is 69.4. The summed E-state index contributed by atoms with van der Waals surface area (Å²) < 4.78 is 24.3. The Morgan fingerprint density at radius 3 is 1.43 bits per heavy atom. The minimum Gasteiger partial charge on any atom is -0.384 e. The summed E-state index contributed by atoms with van der Waals surface area (Å²) in [5.41, 5.74) is 47.1. The molecule has 0 bridgehead atoms. The molecule has 1 saturated carbocycles. The Labute approximate surface area is 830 Å². The molecule has 7 saturated heterocycles. The van der Waals surface area contributed by atoms with Crippen LogP contribution in [0.4, 0.5) is 60.9 Å². The lowest BCUT2D eigenvalue weighted by molar-refractivity contribution is -0.125. The van der Waals surface area contributed by atoms with E-state index >= 15 is 0 Å². The number of halogens is 2. The zero-order chi connectivity index (χ0) is 98.2. The smallest absolute Gasteiger partial charge is 0.324 e. The Kier molecular flexibility index (Phi) is 24.1. The Bertz CT molecular complexity index is 8110. The van der Waals surface area contributed by atoms with Gasteiger partial charge in [-0.25, -0.2) is 39.3 Å². The number of benzene rings is 3. The summed E-state index contributed by atoms with van der Waals surface area (Å²) in [7, 11) is 3.90. The lowest BCUT2D eigenvalue weighted by Crippen LogP contribution is -2.53. The van der Waals surface area contributed by atoms with Crippen molar-refractivity contribution in [1.82, 2.24) is 138 Å². The fourth-order valence-corrected chi connectivity index (χ4v) is 20.4. The van der Waals surface area contributed by atoms with Crippen LogP contribution in [0.25, 0.3) is 117 Å². The fourth-order valence-electron chi connectivity index (χ4n) is 19.5. The molecule has 2 spiro atoms. The van der Waals surface area contributed by atoms with Gasteiger partial charge in [0.25, 0.3) is 17.7 Å². The number of carbonyl (C=O) groups excluding carboxylic acids is 6. The van der Waals surface area contributed by atoms with Crippen LogP contribution in [0.15, 0.2) is 205 Å². The van der Waals surface area contributed by atoms with Gasteiger partial charge in [-0.15, -0.1) is 0 Å². The Balaban J connectivity index is 0.000000102. The average molecular weight is 2050 g/mol. The molecule has 0 radical (unpaired) electrons. The second-order valence-electron chi connectivity index (χ2n) is 36.3. The molecule has 26 rings (SSSR count). The molecule has 8 fully saturated rings. The van der Waals surface area contributed by atoms with Crippen molar-refractivity contribution in [1.29, 1.82) is 0 Å². The number of nitrogens with one attached hydrogen (secondary N) is 6. The van der Waals surface area contributed by atoms with E-state index in [9.17, 15) is 28.8 Å². The van der Waals surface area contributed by atoms with Gasteiger partial charge < -0.3 is 77.9 Å². The number of urea groups is 3. The molecule has 726 valence electrons. The number of aryl methyl sites for hydroxylation is 2. The highest BCUT2D eigenvalue weighted by Crippen LogP contribution is 2.41. The molecule has 46 heteroatoms. The van der Waals surface area contributed by atoms with Gasteiger partial charge in [0.2, 0.25) is 0 Å². The topological polar surface area (TPSA) is 539 Å². The van der Waals surface area contributed by atoms with Crippen molar-refractivity contribution in [3.8, 4) is 55.6 Å². The third kappa shape index (κ3) is 17.8. The van der Waals surface area contributed by atoms with Crippen molar-refractivity contribution in [3.05, 3.63) is 216 Å².